The monoisotopic (exact) mass is 402 g/mol. The third-order valence-electron chi connectivity index (χ3n) is 4.66. The van der Waals surface area contributed by atoms with E-state index in [1.165, 1.54) is 11.8 Å². The molecule has 0 aromatic heterocycles. The van der Waals surface area contributed by atoms with Crippen molar-refractivity contribution in [2.45, 2.75) is 29.0 Å². The van der Waals surface area contributed by atoms with Crippen LogP contribution in [0.3, 0.4) is 0 Å². The molecule has 2 N–H and O–H groups in total. The van der Waals surface area contributed by atoms with E-state index in [0.717, 1.165) is 23.3 Å². The number of hydrogen-bond acceptors (Lipinski definition) is 3. The Labute approximate surface area is 174 Å². The molecule has 3 aromatic carbocycles. The zero-order chi connectivity index (χ0) is 20.1. The molecular formula is C24H22N2O2S. The smallest absolute Gasteiger partial charge is 0.251 e. The standard InChI is InChI=1S/C24H22N2O2S/c27-23(25-20-15-16-20)18-11-13-19(14-12-18)26-24(28)22(17-7-3-1-4-8-17)29-21-9-5-2-6-10-21/h1-14,20,22H,15-16H2,(H,25,27)(H,26,28). The second-order valence-electron chi connectivity index (χ2n) is 7.04. The highest BCUT2D eigenvalue weighted by Gasteiger charge is 2.24. The van der Waals surface area contributed by atoms with Crippen molar-refractivity contribution in [3.8, 4) is 0 Å². The van der Waals surface area contributed by atoms with Crippen LogP contribution in [-0.4, -0.2) is 17.9 Å². The lowest BCUT2D eigenvalue weighted by Crippen LogP contribution is -2.25. The fraction of sp³-hybridized carbons (Fsp3) is 0.167. The maximum atomic E-state index is 13.1. The molecule has 1 aliphatic rings. The summed E-state index contributed by atoms with van der Waals surface area (Å²) >= 11 is 1.51. The van der Waals surface area contributed by atoms with E-state index in [4.69, 9.17) is 0 Å². The highest BCUT2D eigenvalue weighted by Crippen LogP contribution is 2.36. The van der Waals surface area contributed by atoms with Gasteiger partial charge in [0.25, 0.3) is 5.91 Å². The van der Waals surface area contributed by atoms with Gasteiger partial charge in [-0.2, -0.15) is 0 Å². The quantitative estimate of drug-likeness (QED) is 0.544. The van der Waals surface area contributed by atoms with E-state index >= 15 is 0 Å². The van der Waals surface area contributed by atoms with Gasteiger partial charge in [-0.3, -0.25) is 9.59 Å². The number of hydrogen-bond donors (Lipinski definition) is 2. The largest absolute Gasteiger partial charge is 0.349 e. The first kappa shape index (κ1) is 19.3. The number of rotatable bonds is 7. The molecule has 1 unspecified atom stereocenters. The average Bonchev–Trinajstić information content (AvgIpc) is 3.58. The van der Waals surface area contributed by atoms with Gasteiger partial charge in [0.05, 0.1) is 0 Å². The van der Waals surface area contributed by atoms with Crippen LogP contribution in [0.2, 0.25) is 0 Å². The van der Waals surface area contributed by atoms with E-state index < -0.39 is 0 Å². The van der Waals surface area contributed by atoms with Crippen LogP contribution in [-0.2, 0) is 4.79 Å². The number of thioether (sulfide) groups is 1. The van der Waals surface area contributed by atoms with E-state index in [0.29, 0.717) is 17.3 Å². The number of carbonyl (C=O) groups excluding carboxylic acids is 2. The molecular weight excluding hydrogens is 380 g/mol. The molecule has 146 valence electrons. The van der Waals surface area contributed by atoms with Crippen LogP contribution < -0.4 is 10.6 Å². The molecule has 0 aliphatic heterocycles. The van der Waals surface area contributed by atoms with Crippen molar-refractivity contribution in [3.05, 3.63) is 96.1 Å². The number of amides is 2. The van der Waals surface area contributed by atoms with Gasteiger partial charge in [0.15, 0.2) is 0 Å². The Morgan fingerprint density at radius 3 is 2.07 bits per heavy atom. The van der Waals surface area contributed by atoms with Crippen molar-refractivity contribution in [3.63, 3.8) is 0 Å². The Morgan fingerprint density at radius 2 is 1.45 bits per heavy atom. The zero-order valence-electron chi connectivity index (χ0n) is 15.9. The SMILES string of the molecule is O=C(NC1CC1)c1ccc(NC(=O)C(Sc2ccccc2)c2ccccc2)cc1. The molecule has 1 fully saturated rings. The number of carbonyl (C=O) groups is 2. The molecule has 0 heterocycles. The number of anilines is 1. The Morgan fingerprint density at radius 1 is 0.828 bits per heavy atom. The Hall–Kier alpha value is -3.05. The lowest BCUT2D eigenvalue weighted by Gasteiger charge is -2.17. The predicted octanol–water partition coefficient (Wildman–Crippen LogP) is 5.05. The fourth-order valence-electron chi connectivity index (χ4n) is 2.95. The van der Waals surface area contributed by atoms with Crippen molar-refractivity contribution in [1.82, 2.24) is 5.32 Å². The second kappa shape index (κ2) is 8.97. The third kappa shape index (κ3) is 5.27. The summed E-state index contributed by atoms with van der Waals surface area (Å²) in [5.74, 6) is -0.160. The van der Waals surface area contributed by atoms with Crippen LogP contribution in [0.15, 0.2) is 89.8 Å². The average molecular weight is 403 g/mol. The third-order valence-corrected chi connectivity index (χ3v) is 5.93. The van der Waals surface area contributed by atoms with Crippen molar-refractivity contribution >= 4 is 29.3 Å². The van der Waals surface area contributed by atoms with Crippen molar-refractivity contribution < 1.29 is 9.59 Å². The number of benzene rings is 3. The molecule has 5 heteroatoms. The predicted molar refractivity (Wildman–Crippen MR) is 117 cm³/mol. The van der Waals surface area contributed by atoms with E-state index in [-0.39, 0.29) is 17.1 Å². The Balaban J connectivity index is 1.47. The van der Waals surface area contributed by atoms with E-state index in [1.807, 2.05) is 60.7 Å². The lowest BCUT2D eigenvalue weighted by molar-refractivity contribution is -0.115. The first-order valence-corrected chi connectivity index (χ1v) is 10.6. The van der Waals surface area contributed by atoms with Crippen LogP contribution in [0.4, 0.5) is 5.69 Å². The first-order chi connectivity index (χ1) is 14.2. The molecule has 1 aliphatic carbocycles. The van der Waals surface area contributed by atoms with Crippen molar-refractivity contribution in [2.24, 2.45) is 0 Å². The van der Waals surface area contributed by atoms with Gasteiger partial charge in [0, 0.05) is 22.2 Å². The zero-order valence-corrected chi connectivity index (χ0v) is 16.7. The molecule has 1 saturated carbocycles. The summed E-state index contributed by atoms with van der Waals surface area (Å²) in [6.45, 7) is 0. The summed E-state index contributed by atoms with van der Waals surface area (Å²) in [4.78, 5) is 26.2. The van der Waals surface area contributed by atoms with E-state index in [2.05, 4.69) is 10.6 Å². The normalized spacial score (nSPS) is 14.1. The van der Waals surface area contributed by atoms with Crippen molar-refractivity contribution in [2.75, 3.05) is 5.32 Å². The molecule has 4 nitrogen and oxygen atoms in total. The first-order valence-electron chi connectivity index (χ1n) is 9.67. The van der Waals surface area contributed by atoms with E-state index in [1.54, 1.807) is 24.3 Å². The van der Waals surface area contributed by atoms with Gasteiger partial charge in [-0.15, -0.1) is 11.8 Å². The van der Waals surface area contributed by atoms with Crippen LogP contribution >= 0.6 is 11.8 Å². The van der Waals surface area contributed by atoms with Gasteiger partial charge >= 0.3 is 0 Å². The highest BCUT2D eigenvalue weighted by molar-refractivity contribution is 8.00. The minimum absolute atomic E-state index is 0.0628. The molecule has 0 bridgehead atoms. The summed E-state index contributed by atoms with van der Waals surface area (Å²) in [5, 5.41) is 5.58. The van der Waals surface area contributed by atoms with Crippen LogP contribution in [0.5, 0.6) is 0 Å². The summed E-state index contributed by atoms with van der Waals surface area (Å²) in [6.07, 6.45) is 2.11. The van der Waals surface area contributed by atoms with Crippen molar-refractivity contribution in [1.29, 1.82) is 0 Å². The maximum absolute atomic E-state index is 13.1. The van der Waals surface area contributed by atoms with E-state index in [9.17, 15) is 9.59 Å². The van der Waals surface area contributed by atoms with Gasteiger partial charge in [0.1, 0.15) is 5.25 Å². The maximum Gasteiger partial charge on any atom is 0.251 e. The highest BCUT2D eigenvalue weighted by atomic mass is 32.2. The Bertz CT molecular complexity index is 971. The number of nitrogens with one attached hydrogen (secondary N) is 2. The minimum atomic E-state index is -0.378. The molecule has 2 amide bonds. The van der Waals surface area contributed by atoms with Crippen LogP contribution in [0.25, 0.3) is 0 Å². The molecule has 1 atom stereocenters. The van der Waals surface area contributed by atoms with Gasteiger partial charge < -0.3 is 10.6 Å². The van der Waals surface area contributed by atoms with Gasteiger partial charge in [-0.1, -0.05) is 48.5 Å². The summed E-state index contributed by atoms with van der Waals surface area (Å²) < 4.78 is 0. The van der Waals surface area contributed by atoms with Gasteiger partial charge in [0.2, 0.25) is 5.91 Å². The van der Waals surface area contributed by atoms with Crippen LogP contribution in [0.1, 0.15) is 34.0 Å². The van der Waals surface area contributed by atoms with Gasteiger partial charge in [-0.25, -0.2) is 0 Å². The molecule has 29 heavy (non-hydrogen) atoms. The second-order valence-corrected chi connectivity index (χ2v) is 8.21. The molecule has 0 spiro atoms. The summed E-state index contributed by atoms with van der Waals surface area (Å²) in [7, 11) is 0. The molecule has 0 saturated heterocycles. The Kier molecular flexibility index (Phi) is 5.96. The fourth-order valence-corrected chi connectivity index (χ4v) is 3.99. The topological polar surface area (TPSA) is 58.2 Å². The summed E-state index contributed by atoms with van der Waals surface area (Å²) in [5.41, 5.74) is 2.22. The summed E-state index contributed by atoms with van der Waals surface area (Å²) in [6, 6.07) is 27.0. The van der Waals surface area contributed by atoms with Crippen LogP contribution in [0, 0.1) is 0 Å². The minimum Gasteiger partial charge on any atom is -0.349 e. The molecule has 0 radical (unpaired) electrons. The lowest BCUT2D eigenvalue weighted by atomic mass is 10.1. The van der Waals surface area contributed by atoms with Gasteiger partial charge in [-0.05, 0) is 54.8 Å². The molecule has 3 aromatic rings. The molecule has 4 rings (SSSR count).